The molecule has 2 N–H and O–H groups in total. The largest absolute Gasteiger partial charge is 0.497 e. The van der Waals surface area contributed by atoms with Gasteiger partial charge >= 0.3 is 0 Å². The highest BCUT2D eigenvalue weighted by molar-refractivity contribution is 7.92. The van der Waals surface area contributed by atoms with Gasteiger partial charge in [-0.05, 0) is 67.3 Å². The van der Waals surface area contributed by atoms with Gasteiger partial charge in [0.05, 0.1) is 17.7 Å². The van der Waals surface area contributed by atoms with Crippen molar-refractivity contribution >= 4 is 21.6 Å². The number of methoxy groups -OCH3 is 1. The lowest BCUT2D eigenvalue weighted by atomic mass is 10.1. The van der Waals surface area contributed by atoms with E-state index in [1.807, 2.05) is 43.3 Å². The van der Waals surface area contributed by atoms with E-state index in [1.165, 1.54) is 6.07 Å². The maximum absolute atomic E-state index is 12.9. The molecule has 0 saturated heterocycles. The standard InChI is InChI=1S/C24H26N2O4S/c1-17-6-4-5-7-22(17)26-31(28,29)23-16-20(11-8-18(23)2)24(27)25-15-14-19-9-12-21(30-3)13-10-19/h4-13,16,26H,14-15H2,1-3H3,(H,25,27). The molecule has 7 heteroatoms. The molecular formula is C24H26N2O4S. The Labute approximate surface area is 183 Å². The number of sulfonamides is 1. The Bertz CT molecular complexity index is 1170. The smallest absolute Gasteiger partial charge is 0.262 e. The Balaban J connectivity index is 1.70. The van der Waals surface area contributed by atoms with Crippen molar-refractivity contribution in [2.24, 2.45) is 0 Å². The summed E-state index contributed by atoms with van der Waals surface area (Å²) in [4.78, 5) is 12.7. The Kier molecular flexibility index (Phi) is 6.97. The minimum atomic E-state index is -3.83. The van der Waals surface area contributed by atoms with E-state index in [-0.39, 0.29) is 10.8 Å². The van der Waals surface area contributed by atoms with E-state index in [4.69, 9.17) is 4.74 Å². The van der Waals surface area contributed by atoms with E-state index in [0.717, 1.165) is 16.9 Å². The summed E-state index contributed by atoms with van der Waals surface area (Å²) in [5.41, 5.74) is 3.25. The number of carbonyl (C=O) groups excluding carboxylic acids is 1. The number of hydrogen-bond donors (Lipinski definition) is 2. The summed E-state index contributed by atoms with van der Waals surface area (Å²) < 4.78 is 33.6. The number of amides is 1. The molecule has 0 radical (unpaired) electrons. The molecule has 3 rings (SSSR count). The second kappa shape index (κ2) is 9.66. The van der Waals surface area contributed by atoms with Crippen LogP contribution in [0.5, 0.6) is 5.75 Å². The SMILES string of the molecule is COc1ccc(CCNC(=O)c2ccc(C)c(S(=O)(=O)Nc3ccccc3C)c2)cc1. The fourth-order valence-corrected chi connectivity index (χ4v) is 4.54. The van der Waals surface area contributed by atoms with E-state index >= 15 is 0 Å². The van der Waals surface area contributed by atoms with E-state index in [2.05, 4.69) is 10.0 Å². The number of hydrogen-bond acceptors (Lipinski definition) is 4. The third kappa shape index (κ3) is 5.64. The minimum absolute atomic E-state index is 0.0820. The number of ether oxygens (including phenoxy) is 1. The van der Waals surface area contributed by atoms with E-state index in [1.54, 1.807) is 38.3 Å². The number of aryl methyl sites for hydroxylation is 2. The number of carbonyl (C=O) groups is 1. The fraction of sp³-hybridized carbons (Fsp3) is 0.208. The Morgan fingerprint density at radius 1 is 0.935 bits per heavy atom. The van der Waals surface area contributed by atoms with Crippen molar-refractivity contribution in [2.75, 3.05) is 18.4 Å². The first kappa shape index (κ1) is 22.4. The van der Waals surface area contributed by atoms with Crippen molar-refractivity contribution in [1.82, 2.24) is 5.32 Å². The normalized spacial score (nSPS) is 11.1. The van der Waals surface area contributed by atoms with Crippen molar-refractivity contribution in [3.8, 4) is 5.75 Å². The van der Waals surface area contributed by atoms with Crippen LogP contribution in [0.2, 0.25) is 0 Å². The van der Waals surface area contributed by atoms with Crippen LogP contribution in [0.1, 0.15) is 27.0 Å². The summed E-state index contributed by atoms with van der Waals surface area (Å²) in [6.07, 6.45) is 0.654. The molecule has 162 valence electrons. The quantitative estimate of drug-likeness (QED) is 0.555. The van der Waals surface area contributed by atoms with Crippen LogP contribution in [-0.4, -0.2) is 28.0 Å². The monoisotopic (exact) mass is 438 g/mol. The van der Waals surface area contributed by atoms with Gasteiger partial charge in [0.15, 0.2) is 0 Å². The average Bonchev–Trinajstić information content (AvgIpc) is 2.76. The predicted octanol–water partition coefficient (Wildman–Crippen LogP) is 4.09. The Morgan fingerprint density at radius 3 is 2.32 bits per heavy atom. The zero-order valence-electron chi connectivity index (χ0n) is 17.8. The number of anilines is 1. The van der Waals surface area contributed by atoms with E-state index in [9.17, 15) is 13.2 Å². The molecule has 3 aromatic carbocycles. The highest BCUT2D eigenvalue weighted by Crippen LogP contribution is 2.23. The summed E-state index contributed by atoms with van der Waals surface area (Å²) in [6.45, 7) is 3.97. The van der Waals surface area contributed by atoms with Crippen molar-refractivity contribution < 1.29 is 17.9 Å². The predicted molar refractivity (Wildman–Crippen MR) is 122 cm³/mol. The van der Waals surface area contributed by atoms with Gasteiger partial charge in [0, 0.05) is 12.1 Å². The molecule has 31 heavy (non-hydrogen) atoms. The molecule has 0 atom stereocenters. The second-order valence-electron chi connectivity index (χ2n) is 7.25. The molecule has 0 aromatic heterocycles. The molecule has 0 aliphatic rings. The van der Waals surface area contributed by atoms with Crippen LogP contribution in [0.3, 0.4) is 0 Å². The third-order valence-electron chi connectivity index (χ3n) is 4.99. The van der Waals surface area contributed by atoms with Gasteiger partial charge in [-0.15, -0.1) is 0 Å². The van der Waals surface area contributed by atoms with Gasteiger partial charge in [0.2, 0.25) is 0 Å². The minimum Gasteiger partial charge on any atom is -0.497 e. The summed E-state index contributed by atoms with van der Waals surface area (Å²) in [5.74, 6) is 0.460. The number of nitrogens with one attached hydrogen (secondary N) is 2. The fourth-order valence-electron chi connectivity index (χ4n) is 3.13. The van der Waals surface area contributed by atoms with Crippen molar-refractivity contribution in [1.29, 1.82) is 0 Å². The first-order valence-electron chi connectivity index (χ1n) is 9.90. The van der Waals surface area contributed by atoms with Crippen LogP contribution in [0.15, 0.2) is 71.6 Å². The zero-order valence-corrected chi connectivity index (χ0v) is 18.6. The van der Waals surface area contributed by atoms with Crippen molar-refractivity contribution in [2.45, 2.75) is 25.2 Å². The van der Waals surface area contributed by atoms with Crippen LogP contribution >= 0.6 is 0 Å². The number of rotatable bonds is 8. The van der Waals surface area contributed by atoms with Gasteiger partial charge in [0.1, 0.15) is 5.75 Å². The highest BCUT2D eigenvalue weighted by atomic mass is 32.2. The maximum atomic E-state index is 12.9. The Morgan fingerprint density at radius 2 is 1.65 bits per heavy atom. The summed E-state index contributed by atoms with van der Waals surface area (Å²) in [6, 6.07) is 19.5. The second-order valence-corrected chi connectivity index (χ2v) is 8.91. The molecule has 0 heterocycles. The lowest BCUT2D eigenvalue weighted by molar-refractivity contribution is 0.0954. The summed E-state index contributed by atoms with van der Waals surface area (Å²) in [7, 11) is -2.22. The van der Waals surface area contributed by atoms with E-state index in [0.29, 0.717) is 29.8 Å². The van der Waals surface area contributed by atoms with Gasteiger partial charge < -0.3 is 10.1 Å². The molecule has 0 aliphatic heterocycles. The van der Waals surface area contributed by atoms with Gasteiger partial charge in [-0.1, -0.05) is 36.4 Å². The Hall–Kier alpha value is -3.32. The first-order chi connectivity index (χ1) is 14.8. The van der Waals surface area contributed by atoms with Crippen LogP contribution in [0.4, 0.5) is 5.69 Å². The van der Waals surface area contributed by atoms with Crippen LogP contribution in [0.25, 0.3) is 0 Å². The van der Waals surface area contributed by atoms with Gasteiger partial charge in [-0.2, -0.15) is 0 Å². The molecule has 3 aromatic rings. The first-order valence-corrected chi connectivity index (χ1v) is 11.4. The number of benzene rings is 3. The molecule has 0 bridgehead atoms. The topological polar surface area (TPSA) is 84.5 Å². The van der Waals surface area contributed by atoms with Gasteiger partial charge in [-0.3, -0.25) is 9.52 Å². The molecule has 0 aliphatic carbocycles. The van der Waals surface area contributed by atoms with Crippen molar-refractivity contribution in [3.05, 3.63) is 89.0 Å². The van der Waals surface area contributed by atoms with Gasteiger partial charge in [0.25, 0.3) is 15.9 Å². The molecule has 0 spiro atoms. The highest BCUT2D eigenvalue weighted by Gasteiger charge is 2.20. The molecular weight excluding hydrogens is 412 g/mol. The van der Waals surface area contributed by atoms with Crippen LogP contribution in [-0.2, 0) is 16.4 Å². The summed E-state index contributed by atoms with van der Waals surface area (Å²) in [5, 5.41) is 2.85. The average molecular weight is 439 g/mol. The lowest BCUT2D eigenvalue weighted by Crippen LogP contribution is -2.26. The maximum Gasteiger partial charge on any atom is 0.262 e. The molecule has 0 saturated carbocycles. The van der Waals surface area contributed by atoms with Crippen LogP contribution in [0, 0.1) is 13.8 Å². The third-order valence-corrected chi connectivity index (χ3v) is 6.50. The van der Waals surface area contributed by atoms with Crippen molar-refractivity contribution in [3.63, 3.8) is 0 Å². The molecule has 6 nitrogen and oxygen atoms in total. The lowest BCUT2D eigenvalue weighted by Gasteiger charge is -2.13. The summed E-state index contributed by atoms with van der Waals surface area (Å²) >= 11 is 0. The zero-order chi connectivity index (χ0) is 22.4. The molecule has 0 fully saturated rings. The molecule has 0 unspecified atom stereocenters. The van der Waals surface area contributed by atoms with Crippen LogP contribution < -0.4 is 14.8 Å². The van der Waals surface area contributed by atoms with E-state index < -0.39 is 10.0 Å². The number of para-hydroxylation sites is 1. The van der Waals surface area contributed by atoms with Gasteiger partial charge in [-0.25, -0.2) is 8.42 Å². The molecule has 1 amide bonds.